The molecule has 1 atom stereocenters. The number of ether oxygens (including phenoxy) is 1. The first-order valence-corrected chi connectivity index (χ1v) is 9.21. The molecular formula is C19H19Cl2N3O2. The fraction of sp³-hybridized carbons (Fsp3) is 0.316. The molecule has 0 bridgehead atoms. The Hall–Kier alpha value is -2.11. The molecular weight excluding hydrogens is 373 g/mol. The lowest BCUT2D eigenvalue weighted by molar-refractivity contribution is -0.146. The quantitative estimate of drug-likeness (QED) is 0.555. The van der Waals surface area contributed by atoms with Gasteiger partial charge in [-0.25, -0.2) is 9.50 Å². The summed E-state index contributed by atoms with van der Waals surface area (Å²) in [5.41, 5.74) is 3.97. The number of aryl methyl sites for hydroxylation is 1. The molecule has 7 heteroatoms. The van der Waals surface area contributed by atoms with Gasteiger partial charge in [0.2, 0.25) is 0 Å². The molecule has 0 N–H and O–H groups in total. The lowest BCUT2D eigenvalue weighted by Crippen LogP contribution is -2.09. The van der Waals surface area contributed by atoms with E-state index in [1.807, 2.05) is 26.0 Å². The van der Waals surface area contributed by atoms with Crippen LogP contribution in [0.25, 0.3) is 16.9 Å². The Balaban J connectivity index is 2.24. The van der Waals surface area contributed by atoms with Gasteiger partial charge in [-0.2, -0.15) is 5.10 Å². The molecule has 2 heterocycles. The standard InChI is InChI=1S/C19H19Cl2N3O2/c1-4-15-18(17(5-2)26-11(3)25)19-22-9-8-16(24(19)23-15)13-7-6-12(20)10-14(13)21/h6-10,17H,4-5H2,1-3H3. The molecule has 1 unspecified atom stereocenters. The maximum atomic E-state index is 11.5. The summed E-state index contributed by atoms with van der Waals surface area (Å²) in [6, 6.07) is 7.19. The molecule has 0 fully saturated rings. The Labute approximate surface area is 161 Å². The molecule has 0 aliphatic rings. The Bertz CT molecular complexity index is 969. The van der Waals surface area contributed by atoms with Crippen molar-refractivity contribution < 1.29 is 9.53 Å². The van der Waals surface area contributed by atoms with E-state index in [-0.39, 0.29) is 12.1 Å². The fourth-order valence-electron chi connectivity index (χ4n) is 3.05. The van der Waals surface area contributed by atoms with Gasteiger partial charge >= 0.3 is 5.97 Å². The number of carbonyl (C=O) groups is 1. The van der Waals surface area contributed by atoms with Crippen LogP contribution in [0.4, 0.5) is 0 Å². The van der Waals surface area contributed by atoms with Crippen molar-refractivity contribution in [3.05, 3.63) is 51.8 Å². The molecule has 0 amide bonds. The third kappa shape index (κ3) is 3.41. The minimum Gasteiger partial charge on any atom is -0.457 e. The van der Waals surface area contributed by atoms with Crippen molar-refractivity contribution in [2.24, 2.45) is 0 Å². The lowest BCUT2D eigenvalue weighted by Gasteiger charge is -2.15. The molecule has 0 aliphatic heterocycles. The average Bonchev–Trinajstić information content (AvgIpc) is 2.98. The lowest BCUT2D eigenvalue weighted by atomic mass is 10.1. The van der Waals surface area contributed by atoms with Crippen molar-refractivity contribution in [1.82, 2.24) is 14.6 Å². The van der Waals surface area contributed by atoms with Crippen LogP contribution in [0.5, 0.6) is 0 Å². The van der Waals surface area contributed by atoms with Crippen LogP contribution in [0.3, 0.4) is 0 Å². The maximum Gasteiger partial charge on any atom is 0.303 e. The molecule has 0 saturated carbocycles. The van der Waals surface area contributed by atoms with Gasteiger partial charge in [0.1, 0.15) is 6.10 Å². The van der Waals surface area contributed by atoms with Gasteiger partial charge in [0.25, 0.3) is 0 Å². The van der Waals surface area contributed by atoms with Crippen molar-refractivity contribution in [2.45, 2.75) is 39.7 Å². The van der Waals surface area contributed by atoms with Crippen LogP contribution >= 0.6 is 23.2 Å². The third-order valence-electron chi connectivity index (χ3n) is 4.17. The van der Waals surface area contributed by atoms with Crippen molar-refractivity contribution in [3.63, 3.8) is 0 Å². The highest BCUT2D eigenvalue weighted by molar-refractivity contribution is 6.36. The number of halogens is 2. The molecule has 1 aromatic carbocycles. The van der Waals surface area contributed by atoms with Gasteiger partial charge in [0.15, 0.2) is 5.65 Å². The SMILES string of the molecule is CCc1nn2c(-c3ccc(Cl)cc3Cl)ccnc2c1C(CC)OC(C)=O. The Morgan fingerprint density at radius 3 is 2.65 bits per heavy atom. The molecule has 0 saturated heterocycles. The highest BCUT2D eigenvalue weighted by Gasteiger charge is 2.24. The molecule has 0 aliphatic carbocycles. The molecule has 3 aromatic rings. The minimum atomic E-state index is -0.386. The number of hydrogen-bond donors (Lipinski definition) is 0. The predicted octanol–water partition coefficient (Wildman–Crippen LogP) is 5.28. The number of carbonyl (C=O) groups excluding carboxylic acids is 1. The molecule has 3 rings (SSSR count). The molecule has 0 spiro atoms. The van der Waals surface area contributed by atoms with Crippen molar-refractivity contribution in [3.8, 4) is 11.3 Å². The van der Waals surface area contributed by atoms with Gasteiger partial charge in [-0.3, -0.25) is 4.79 Å². The molecule has 136 valence electrons. The highest BCUT2D eigenvalue weighted by Crippen LogP contribution is 2.34. The third-order valence-corrected chi connectivity index (χ3v) is 4.72. The second-order valence-corrected chi connectivity index (χ2v) is 6.75. The van der Waals surface area contributed by atoms with Crippen molar-refractivity contribution >= 4 is 34.8 Å². The van der Waals surface area contributed by atoms with Gasteiger partial charge in [-0.15, -0.1) is 0 Å². The zero-order valence-corrected chi connectivity index (χ0v) is 16.3. The van der Waals surface area contributed by atoms with E-state index in [4.69, 9.17) is 33.0 Å². The summed E-state index contributed by atoms with van der Waals surface area (Å²) in [7, 11) is 0. The van der Waals surface area contributed by atoms with Gasteiger partial charge in [-0.05, 0) is 37.1 Å². The van der Waals surface area contributed by atoms with Crippen LogP contribution in [0.15, 0.2) is 30.5 Å². The zero-order chi connectivity index (χ0) is 18.8. The zero-order valence-electron chi connectivity index (χ0n) is 14.8. The summed E-state index contributed by atoms with van der Waals surface area (Å²) in [5, 5.41) is 5.82. The van der Waals surface area contributed by atoms with E-state index >= 15 is 0 Å². The Kier molecular flexibility index (Phi) is 5.49. The van der Waals surface area contributed by atoms with Crippen LogP contribution in [-0.2, 0) is 16.0 Å². The van der Waals surface area contributed by atoms with Crippen molar-refractivity contribution in [1.29, 1.82) is 0 Å². The number of nitrogens with zero attached hydrogens (tertiary/aromatic N) is 3. The summed E-state index contributed by atoms with van der Waals surface area (Å²) >= 11 is 12.4. The topological polar surface area (TPSA) is 56.5 Å². The van der Waals surface area contributed by atoms with E-state index in [0.29, 0.717) is 28.5 Å². The Morgan fingerprint density at radius 2 is 2.04 bits per heavy atom. The smallest absolute Gasteiger partial charge is 0.303 e. The van der Waals surface area contributed by atoms with Gasteiger partial charge < -0.3 is 4.74 Å². The maximum absolute atomic E-state index is 11.5. The summed E-state index contributed by atoms with van der Waals surface area (Å²) < 4.78 is 7.26. The number of rotatable bonds is 5. The second-order valence-electron chi connectivity index (χ2n) is 5.91. The van der Waals surface area contributed by atoms with E-state index in [0.717, 1.165) is 22.5 Å². The normalized spacial score (nSPS) is 12.3. The van der Waals surface area contributed by atoms with E-state index in [1.54, 1.807) is 22.8 Å². The number of hydrogen-bond acceptors (Lipinski definition) is 4. The number of benzene rings is 1. The summed E-state index contributed by atoms with van der Waals surface area (Å²) in [6.07, 6.45) is 2.66. The van der Waals surface area contributed by atoms with E-state index in [2.05, 4.69) is 4.98 Å². The van der Waals surface area contributed by atoms with Gasteiger partial charge in [0.05, 0.1) is 22.0 Å². The Morgan fingerprint density at radius 1 is 1.27 bits per heavy atom. The number of fused-ring (bicyclic) bond motifs is 1. The summed E-state index contributed by atoms with van der Waals surface area (Å²) in [4.78, 5) is 16.0. The van der Waals surface area contributed by atoms with E-state index < -0.39 is 0 Å². The van der Waals surface area contributed by atoms with E-state index in [9.17, 15) is 4.79 Å². The highest BCUT2D eigenvalue weighted by atomic mass is 35.5. The first kappa shape index (κ1) is 18.7. The number of esters is 1. The second kappa shape index (κ2) is 7.64. The van der Waals surface area contributed by atoms with Crippen LogP contribution < -0.4 is 0 Å². The van der Waals surface area contributed by atoms with Crippen molar-refractivity contribution in [2.75, 3.05) is 0 Å². The molecule has 5 nitrogen and oxygen atoms in total. The molecule has 26 heavy (non-hydrogen) atoms. The largest absolute Gasteiger partial charge is 0.457 e. The van der Waals surface area contributed by atoms with Crippen LogP contribution in [-0.4, -0.2) is 20.6 Å². The van der Waals surface area contributed by atoms with Gasteiger partial charge in [-0.1, -0.05) is 37.0 Å². The first-order valence-electron chi connectivity index (χ1n) is 8.45. The first-order chi connectivity index (χ1) is 12.5. The van der Waals surface area contributed by atoms with Gasteiger partial charge in [0, 0.05) is 23.7 Å². The van der Waals surface area contributed by atoms with Crippen LogP contribution in [0.1, 0.15) is 44.6 Å². The van der Waals surface area contributed by atoms with Crippen LogP contribution in [0, 0.1) is 0 Å². The minimum absolute atomic E-state index is 0.324. The molecule has 0 radical (unpaired) electrons. The summed E-state index contributed by atoms with van der Waals surface area (Å²) in [5.74, 6) is -0.324. The monoisotopic (exact) mass is 391 g/mol. The summed E-state index contributed by atoms with van der Waals surface area (Å²) in [6.45, 7) is 5.39. The fourth-order valence-corrected chi connectivity index (χ4v) is 3.55. The number of aromatic nitrogens is 3. The predicted molar refractivity (Wildman–Crippen MR) is 103 cm³/mol. The van der Waals surface area contributed by atoms with Crippen LogP contribution in [0.2, 0.25) is 10.0 Å². The molecule has 2 aromatic heterocycles. The average molecular weight is 392 g/mol. The van der Waals surface area contributed by atoms with E-state index in [1.165, 1.54) is 6.92 Å².